The molecule has 0 aliphatic carbocycles. The monoisotopic (exact) mass is 402 g/mol. The number of hydrogen-bond donors (Lipinski definition) is 5. The highest BCUT2D eigenvalue weighted by atomic mass is 16.7. The van der Waals surface area contributed by atoms with Gasteiger partial charge < -0.3 is 49.2 Å². The van der Waals surface area contributed by atoms with Crippen molar-refractivity contribution in [1.82, 2.24) is 0 Å². The number of rotatable bonds is 5. The molecule has 1 aromatic rings. The lowest BCUT2D eigenvalue weighted by Crippen LogP contribution is -2.62. The number of hydrogen-bond acceptors (Lipinski definition) is 10. The van der Waals surface area contributed by atoms with Crippen LogP contribution in [0.3, 0.4) is 0 Å². The van der Waals surface area contributed by atoms with Crippen LogP contribution in [0.2, 0.25) is 0 Å². The fourth-order valence-corrected chi connectivity index (χ4v) is 3.11. The summed E-state index contributed by atoms with van der Waals surface area (Å²) in [5.74, 6) is 1.04. The SMILES string of the molecule is COc1ccc(O[C@H]2OC[C@@H](O)[C@@H](O[C@H]3O[C@@H](C)[C@@H](O)[C@@H](O)[C@@H]3O)[C@H]2O)cc1. The molecule has 2 fully saturated rings. The Labute approximate surface area is 161 Å². The summed E-state index contributed by atoms with van der Waals surface area (Å²) in [5, 5.41) is 50.4. The second-order valence-electron chi connectivity index (χ2n) is 6.84. The lowest BCUT2D eigenvalue weighted by molar-refractivity contribution is -0.338. The molecule has 0 saturated carbocycles. The Kier molecular flexibility index (Phi) is 6.73. The van der Waals surface area contributed by atoms with Gasteiger partial charge in [-0.15, -0.1) is 0 Å². The third-order valence-corrected chi connectivity index (χ3v) is 4.84. The molecule has 158 valence electrons. The quantitative estimate of drug-likeness (QED) is 0.389. The molecule has 2 aliphatic heterocycles. The summed E-state index contributed by atoms with van der Waals surface area (Å²) in [6.07, 6.45) is -11.5. The third-order valence-electron chi connectivity index (χ3n) is 4.84. The smallest absolute Gasteiger partial charge is 0.228 e. The van der Waals surface area contributed by atoms with Gasteiger partial charge in [-0.3, -0.25) is 0 Å². The summed E-state index contributed by atoms with van der Waals surface area (Å²) in [6, 6.07) is 6.60. The molecule has 0 radical (unpaired) electrons. The van der Waals surface area contributed by atoms with Crippen molar-refractivity contribution in [3.05, 3.63) is 24.3 Å². The van der Waals surface area contributed by atoms with Gasteiger partial charge in [-0.2, -0.15) is 0 Å². The fraction of sp³-hybridized carbons (Fsp3) is 0.667. The number of aliphatic hydroxyl groups is 5. The van der Waals surface area contributed by atoms with Crippen LogP contribution in [0, 0.1) is 0 Å². The largest absolute Gasteiger partial charge is 0.497 e. The molecule has 10 heteroatoms. The molecule has 3 rings (SSSR count). The number of methoxy groups -OCH3 is 1. The lowest BCUT2D eigenvalue weighted by Gasteiger charge is -2.43. The minimum Gasteiger partial charge on any atom is -0.497 e. The topological polar surface area (TPSA) is 147 Å². The first kappa shape index (κ1) is 21.2. The van der Waals surface area contributed by atoms with Gasteiger partial charge in [0.25, 0.3) is 0 Å². The molecule has 0 amide bonds. The molecule has 5 N–H and O–H groups in total. The van der Waals surface area contributed by atoms with Crippen LogP contribution in [0.4, 0.5) is 0 Å². The van der Waals surface area contributed by atoms with Gasteiger partial charge >= 0.3 is 0 Å². The van der Waals surface area contributed by atoms with Crippen LogP contribution in [0.25, 0.3) is 0 Å². The van der Waals surface area contributed by atoms with E-state index in [4.69, 9.17) is 23.7 Å². The Bertz CT molecular complexity index is 625. The highest BCUT2D eigenvalue weighted by Gasteiger charge is 2.48. The Morgan fingerprint density at radius 3 is 2.14 bits per heavy atom. The van der Waals surface area contributed by atoms with E-state index in [0.29, 0.717) is 11.5 Å². The van der Waals surface area contributed by atoms with Crippen LogP contribution in [-0.2, 0) is 14.2 Å². The molecule has 0 unspecified atom stereocenters. The van der Waals surface area contributed by atoms with Gasteiger partial charge in [-0.1, -0.05) is 0 Å². The van der Waals surface area contributed by atoms with E-state index in [2.05, 4.69) is 0 Å². The molecule has 0 spiro atoms. The van der Waals surface area contributed by atoms with Crippen molar-refractivity contribution in [3.8, 4) is 11.5 Å². The van der Waals surface area contributed by atoms with Crippen molar-refractivity contribution < 1.29 is 49.2 Å². The zero-order chi connectivity index (χ0) is 20.4. The highest BCUT2D eigenvalue weighted by molar-refractivity contribution is 5.31. The van der Waals surface area contributed by atoms with E-state index in [0.717, 1.165) is 0 Å². The van der Waals surface area contributed by atoms with Crippen LogP contribution < -0.4 is 9.47 Å². The third kappa shape index (κ3) is 4.39. The summed E-state index contributed by atoms with van der Waals surface area (Å²) < 4.78 is 26.9. The molecular formula is C18H26O10. The zero-order valence-corrected chi connectivity index (χ0v) is 15.5. The van der Waals surface area contributed by atoms with E-state index in [9.17, 15) is 25.5 Å². The second-order valence-corrected chi connectivity index (χ2v) is 6.84. The molecule has 9 atom stereocenters. The van der Waals surface area contributed by atoms with Crippen molar-refractivity contribution in [2.75, 3.05) is 13.7 Å². The Balaban J connectivity index is 1.66. The molecule has 0 aromatic heterocycles. The molecule has 1 aromatic carbocycles. The highest BCUT2D eigenvalue weighted by Crippen LogP contribution is 2.28. The molecule has 2 heterocycles. The zero-order valence-electron chi connectivity index (χ0n) is 15.5. The Morgan fingerprint density at radius 1 is 0.857 bits per heavy atom. The van der Waals surface area contributed by atoms with Gasteiger partial charge in [0.2, 0.25) is 6.29 Å². The fourth-order valence-electron chi connectivity index (χ4n) is 3.11. The molecule has 10 nitrogen and oxygen atoms in total. The molecular weight excluding hydrogens is 376 g/mol. The van der Waals surface area contributed by atoms with Gasteiger partial charge in [0.1, 0.15) is 48.1 Å². The van der Waals surface area contributed by atoms with Crippen molar-refractivity contribution >= 4 is 0 Å². The standard InChI is InChI=1S/C18H26O10/c1-8-12(20)13(21)14(22)18(26-8)28-16-11(19)7-25-17(15(16)23)27-10-5-3-9(24-2)4-6-10/h3-6,8,11-23H,7H2,1-2H3/t8-,11+,12+,13+,14-,15+,16+,17+,18+/m0/s1. The van der Waals surface area contributed by atoms with Gasteiger partial charge in [0, 0.05) is 0 Å². The predicted molar refractivity (Wildman–Crippen MR) is 92.6 cm³/mol. The van der Waals surface area contributed by atoms with Crippen LogP contribution >= 0.6 is 0 Å². The summed E-state index contributed by atoms with van der Waals surface area (Å²) in [7, 11) is 1.53. The summed E-state index contributed by atoms with van der Waals surface area (Å²) in [6.45, 7) is 1.31. The maximum absolute atomic E-state index is 10.6. The van der Waals surface area contributed by atoms with Crippen LogP contribution in [-0.4, -0.2) is 94.6 Å². The van der Waals surface area contributed by atoms with Crippen LogP contribution in [0.15, 0.2) is 24.3 Å². The number of aliphatic hydroxyl groups excluding tert-OH is 5. The number of ether oxygens (including phenoxy) is 5. The summed E-state index contributed by atoms with van der Waals surface area (Å²) >= 11 is 0. The number of benzene rings is 1. The van der Waals surface area contributed by atoms with E-state index in [1.165, 1.54) is 14.0 Å². The van der Waals surface area contributed by atoms with E-state index < -0.39 is 55.3 Å². The molecule has 28 heavy (non-hydrogen) atoms. The van der Waals surface area contributed by atoms with Gasteiger partial charge in [0.15, 0.2) is 6.29 Å². The van der Waals surface area contributed by atoms with E-state index in [1.54, 1.807) is 24.3 Å². The van der Waals surface area contributed by atoms with Gasteiger partial charge in [-0.05, 0) is 31.2 Å². The molecule has 2 saturated heterocycles. The second kappa shape index (κ2) is 8.89. The van der Waals surface area contributed by atoms with Crippen molar-refractivity contribution in [1.29, 1.82) is 0 Å². The maximum Gasteiger partial charge on any atom is 0.228 e. The average molecular weight is 402 g/mol. The lowest BCUT2D eigenvalue weighted by atomic mass is 9.99. The molecule has 2 aliphatic rings. The predicted octanol–water partition coefficient (Wildman–Crippen LogP) is -1.64. The minimum atomic E-state index is -1.56. The first-order chi connectivity index (χ1) is 13.3. The summed E-state index contributed by atoms with van der Waals surface area (Å²) in [5.41, 5.74) is 0. The first-order valence-electron chi connectivity index (χ1n) is 8.95. The van der Waals surface area contributed by atoms with Crippen LogP contribution in [0.5, 0.6) is 11.5 Å². The van der Waals surface area contributed by atoms with E-state index in [1.807, 2.05) is 0 Å². The Hall–Kier alpha value is -1.50. The Morgan fingerprint density at radius 2 is 1.50 bits per heavy atom. The van der Waals surface area contributed by atoms with Crippen molar-refractivity contribution in [3.63, 3.8) is 0 Å². The maximum atomic E-state index is 10.6. The van der Waals surface area contributed by atoms with Gasteiger partial charge in [-0.25, -0.2) is 0 Å². The summed E-state index contributed by atoms with van der Waals surface area (Å²) in [4.78, 5) is 0. The normalized spacial score (nSPS) is 41.5. The molecule has 0 bridgehead atoms. The van der Waals surface area contributed by atoms with E-state index >= 15 is 0 Å². The van der Waals surface area contributed by atoms with Crippen molar-refractivity contribution in [2.45, 2.75) is 62.2 Å². The average Bonchev–Trinajstić information content (AvgIpc) is 2.70. The van der Waals surface area contributed by atoms with Crippen LogP contribution in [0.1, 0.15) is 6.92 Å². The van der Waals surface area contributed by atoms with Gasteiger partial charge in [0.05, 0.1) is 19.8 Å². The van der Waals surface area contributed by atoms with Crippen molar-refractivity contribution in [2.24, 2.45) is 0 Å². The minimum absolute atomic E-state index is 0.188. The first-order valence-corrected chi connectivity index (χ1v) is 8.95. The van der Waals surface area contributed by atoms with E-state index in [-0.39, 0.29) is 6.61 Å².